The summed E-state index contributed by atoms with van der Waals surface area (Å²) >= 11 is 0. The van der Waals surface area contributed by atoms with Gasteiger partial charge in [-0.1, -0.05) is 35.5 Å². The van der Waals surface area contributed by atoms with Gasteiger partial charge in [-0.15, -0.1) is 0 Å². The lowest BCUT2D eigenvalue weighted by atomic mass is 10.1. The fraction of sp³-hybridized carbons (Fsp3) is 0.286. The highest BCUT2D eigenvalue weighted by molar-refractivity contribution is 5.75. The largest absolute Gasteiger partial charge is 0.484 e. The Kier molecular flexibility index (Phi) is 9.44. The number of halogens is 6. The number of urea groups is 1. The van der Waals surface area contributed by atoms with E-state index in [0.717, 1.165) is 28.8 Å². The summed E-state index contributed by atoms with van der Waals surface area (Å²) in [4.78, 5) is 31.9. The van der Waals surface area contributed by atoms with Crippen LogP contribution in [0, 0.1) is 0 Å². The van der Waals surface area contributed by atoms with Crippen molar-refractivity contribution in [1.29, 1.82) is 0 Å². The van der Waals surface area contributed by atoms with Crippen LogP contribution in [0.15, 0.2) is 83.6 Å². The van der Waals surface area contributed by atoms with E-state index in [2.05, 4.69) is 25.0 Å². The monoisotopic (exact) mass is 725 g/mol. The number of piperazine rings is 1. The summed E-state index contributed by atoms with van der Waals surface area (Å²) < 4.78 is 91.7. The van der Waals surface area contributed by atoms with Crippen LogP contribution in [-0.2, 0) is 25.8 Å². The molecule has 270 valence electrons. The molecular formula is C35H29F6N7O4. The second kappa shape index (κ2) is 14.1. The summed E-state index contributed by atoms with van der Waals surface area (Å²) in [6.07, 6.45) is -6.09. The van der Waals surface area contributed by atoms with Gasteiger partial charge in [0, 0.05) is 51.4 Å². The lowest BCUT2D eigenvalue weighted by Gasteiger charge is -2.36. The van der Waals surface area contributed by atoms with E-state index in [4.69, 9.17) is 14.0 Å². The van der Waals surface area contributed by atoms with E-state index in [1.807, 2.05) is 17.0 Å². The number of ether oxygens (including phenoxy) is 2. The number of amides is 2. The van der Waals surface area contributed by atoms with E-state index in [9.17, 15) is 31.1 Å². The third-order valence-corrected chi connectivity index (χ3v) is 8.51. The minimum Gasteiger partial charge on any atom is -0.484 e. The molecule has 2 aliphatic heterocycles. The van der Waals surface area contributed by atoms with Gasteiger partial charge in [0.25, 0.3) is 5.89 Å². The van der Waals surface area contributed by atoms with Crippen LogP contribution >= 0.6 is 0 Å². The summed E-state index contributed by atoms with van der Waals surface area (Å²) in [5, 5.41) is 3.83. The van der Waals surface area contributed by atoms with Crippen molar-refractivity contribution in [2.75, 3.05) is 32.8 Å². The quantitative estimate of drug-likeness (QED) is 0.154. The molecule has 0 atom stereocenters. The minimum atomic E-state index is -4.45. The van der Waals surface area contributed by atoms with Crippen LogP contribution in [0.2, 0.25) is 0 Å². The van der Waals surface area contributed by atoms with E-state index in [-0.39, 0.29) is 35.1 Å². The van der Waals surface area contributed by atoms with Crippen molar-refractivity contribution in [3.05, 3.63) is 101 Å². The Labute approximate surface area is 292 Å². The molecule has 2 aromatic heterocycles. The van der Waals surface area contributed by atoms with Crippen molar-refractivity contribution in [3.63, 3.8) is 0 Å². The zero-order chi connectivity index (χ0) is 36.5. The lowest BCUT2D eigenvalue weighted by Crippen LogP contribution is -2.51. The molecule has 52 heavy (non-hydrogen) atoms. The number of nitrogens with zero attached hydrogens (tertiary/aromatic N) is 7. The highest BCUT2D eigenvalue weighted by atomic mass is 19.4. The maximum atomic E-state index is 13.4. The molecule has 11 nitrogen and oxygen atoms in total. The summed E-state index contributed by atoms with van der Waals surface area (Å²) in [7, 11) is 0. The number of alkyl halides is 6. The van der Waals surface area contributed by atoms with Crippen LogP contribution in [0.25, 0.3) is 23.0 Å². The van der Waals surface area contributed by atoms with Crippen LogP contribution in [-0.4, -0.2) is 79.8 Å². The topological polar surface area (TPSA) is 110 Å². The number of rotatable bonds is 8. The van der Waals surface area contributed by atoms with E-state index in [1.165, 1.54) is 36.7 Å². The van der Waals surface area contributed by atoms with Crippen LogP contribution < -0.4 is 9.47 Å². The molecule has 0 radical (unpaired) electrons. The molecule has 0 unspecified atom stereocenters. The summed E-state index contributed by atoms with van der Waals surface area (Å²) in [6, 6.07) is 16.4. The van der Waals surface area contributed by atoms with Crippen LogP contribution in [0.4, 0.5) is 31.1 Å². The van der Waals surface area contributed by atoms with Crippen molar-refractivity contribution >= 4 is 6.03 Å². The molecular weight excluding hydrogens is 696 g/mol. The molecule has 2 amide bonds. The predicted molar refractivity (Wildman–Crippen MR) is 172 cm³/mol. The van der Waals surface area contributed by atoms with Gasteiger partial charge in [-0.3, -0.25) is 4.90 Å². The standard InChI is InChI=1S/C35H29F6N7O4/c36-34(37,38)21-50-27-8-1-22(2-9-27)18-46-11-13-47(14-12-46)33(49)48-19-24-5-10-28(15-25(24)20-48)51-30-17-42-29(16-43-30)32-44-31(45-52-32)23-3-6-26(7-4-23)35(39,40)41/h1-10,15-17H,11-14,18-21H2. The molecule has 3 aromatic carbocycles. The molecule has 1 saturated heterocycles. The first-order chi connectivity index (χ1) is 24.9. The average molecular weight is 726 g/mol. The molecule has 1 fully saturated rings. The Hall–Kier alpha value is -5.71. The second-order valence-electron chi connectivity index (χ2n) is 12.2. The van der Waals surface area contributed by atoms with Gasteiger partial charge >= 0.3 is 18.4 Å². The number of hydrogen-bond donors (Lipinski definition) is 0. The summed E-state index contributed by atoms with van der Waals surface area (Å²) in [5.74, 6) is 0.989. The minimum absolute atomic E-state index is 0.0314. The third-order valence-electron chi connectivity index (χ3n) is 8.51. The van der Waals surface area contributed by atoms with Gasteiger partial charge in [-0.2, -0.15) is 31.3 Å². The molecule has 0 saturated carbocycles. The van der Waals surface area contributed by atoms with Crippen molar-refractivity contribution in [1.82, 2.24) is 34.8 Å². The lowest BCUT2D eigenvalue weighted by molar-refractivity contribution is -0.153. The second-order valence-corrected chi connectivity index (χ2v) is 12.2. The maximum Gasteiger partial charge on any atom is 0.422 e. The number of hydrogen-bond acceptors (Lipinski definition) is 9. The van der Waals surface area contributed by atoms with Crippen molar-refractivity contribution in [2.24, 2.45) is 0 Å². The zero-order valence-corrected chi connectivity index (χ0v) is 27.2. The molecule has 17 heteroatoms. The molecule has 0 N–H and O–H groups in total. The molecule has 5 aromatic rings. The number of carbonyl (C=O) groups is 1. The molecule has 4 heterocycles. The summed E-state index contributed by atoms with van der Waals surface area (Å²) in [6.45, 7) is 2.55. The Balaban J connectivity index is 0.889. The van der Waals surface area contributed by atoms with Crippen LogP contribution in [0.1, 0.15) is 22.3 Å². The van der Waals surface area contributed by atoms with Gasteiger partial charge in [-0.25, -0.2) is 14.8 Å². The normalized spacial score (nSPS) is 15.1. The highest BCUT2D eigenvalue weighted by Crippen LogP contribution is 2.32. The molecule has 0 spiro atoms. The maximum absolute atomic E-state index is 13.4. The van der Waals surface area contributed by atoms with E-state index >= 15 is 0 Å². The number of fused-ring (bicyclic) bond motifs is 1. The first-order valence-corrected chi connectivity index (χ1v) is 16.0. The third kappa shape index (κ3) is 8.25. The first kappa shape index (κ1) is 34.7. The molecule has 0 bridgehead atoms. The number of carbonyl (C=O) groups excluding carboxylic acids is 1. The van der Waals surface area contributed by atoms with E-state index in [1.54, 1.807) is 23.1 Å². The van der Waals surface area contributed by atoms with Gasteiger partial charge in [-0.05, 0) is 53.1 Å². The first-order valence-electron chi connectivity index (χ1n) is 16.0. The Morgan fingerprint density at radius 1 is 0.788 bits per heavy atom. The van der Waals surface area contributed by atoms with E-state index < -0.39 is 24.5 Å². The molecule has 0 aliphatic carbocycles. The van der Waals surface area contributed by atoms with Gasteiger partial charge in [0.1, 0.15) is 17.2 Å². The smallest absolute Gasteiger partial charge is 0.422 e. The van der Waals surface area contributed by atoms with Crippen LogP contribution in [0.3, 0.4) is 0 Å². The van der Waals surface area contributed by atoms with Crippen molar-refractivity contribution in [3.8, 4) is 40.4 Å². The highest BCUT2D eigenvalue weighted by Gasteiger charge is 2.32. The predicted octanol–water partition coefficient (Wildman–Crippen LogP) is 7.20. The fourth-order valence-electron chi connectivity index (χ4n) is 5.83. The zero-order valence-electron chi connectivity index (χ0n) is 27.2. The van der Waals surface area contributed by atoms with Crippen molar-refractivity contribution < 1.29 is 45.1 Å². The molecule has 7 rings (SSSR count). The fourth-order valence-corrected chi connectivity index (χ4v) is 5.83. The Bertz CT molecular complexity index is 2010. The van der Waals surface area contributed by atoms with Gasteiger partial charge in [0.15, 0.2) is 6.61 Å². The average Bonchev–Trinajstić information content (AvgIpc) is 3.79. The van der Waals surface area contributed by atoms with Gasteiger partial charge in [0.05, 0.1) is 18.0 Å². The van der Waals surface area contributed by atoms with Crippen LogP contribution in [0.5, 0.6) is 17.4 Å². The Morgan fingerprint density at radius 3 is 2.17 bits per heavy atom. The Morgan fingerprint density at radius 2 is 1.50 bits per heavy atom. The number of aromatic nitrogens is 4. The van der Waals surface area contributed by atoms with Gasteiger partial charge in [0.2, 0.25) is 11.7 Å². The SMILES string of the molecule is O=C(N1CCN(Cc2ccc(OCC(F)(F)F)cc2)CC1)N1Cc2ccc(Oc3cnc(-c4nc(-c5ccc(C(F)(F)F)cc5)no4)cn3)cc2C1. The molecule has 2 aliphatic rings. The van der Waals surface area contributed by atoms with Crippen molar-refractivity contribution in [2.45, 2.75) is 32.0 Å². The van der Waals surface area contributed by atoms with E-state index in [0.29, 0.717) is 57.1 Å². The number of benzene rings is 3. The van der Waals surface area contributed by atoms with Gasteiger partial charge < -0.3 is 23.8 Å². The summed E-state index contributed by atoms with van der Waals surface area (Å²) in [5.41, 5.74) is 2.69.